The van der Waals surface area contributed by atoms with Gasteiger partial charge in [-0.15, -0.1) is 0 Å². The van der Waals surface area contributed by atoms with Crippen LogP contribution in [0.25, 0.3) is 0 Å². The van der Waals surface area contributed by atoms with Crippen molar-refractivity contribution in [1.82, 2.24) is 0 Å². The van der Waals surface area contributed by atoms with E-state index in [1.165, 1.54) is 7.11 Å². The number of carbonyl (C=O) groups is 1. The standard InChI is InChI=1S/C12H18O3/c1-11(2)8(10(14)15-5)6-7-9(13)12(11,3)4/h6-7,13H,1-5H3. The molecule has 1 rings (SSSR count). The summed E-state index contributed by atoms with van der Waals surface area (Å²) in [6.45, 7) is 7.68. The number of aliphatic hydroxyl groups is 1. The summed E-state index contributed by atoms with van der Waals surface area (Å²) in [5.41, 5.74) is -0.322. The fourth-order valence-electron chi connectivity index (χ4n) is 1.67. The van der Waals surface area contributed by atoms with Gasteiger partial charge in [0.25, 0.3) is 0 Å². The van der Waals surface area contributed by atoms with Crippen LogP contribution in [0.15, 0.2) is 23.5 Å². The highest BCUT2D eigenvalue weighted by atomic mass is 16.5. The van der Waals surface area contributed by atoms with Crippen molar-refractivity contribution in [2.75, 3.05) is 7.11 Å². The first-order valence-electron chi connectivity index (χ1n) is 4.95. The topological polar surface area (TPSA) is 46.5 Å². The molecule has 0 radical (unpaired) electrons. The Kier molecular flexibility index (Phi) is 2.68. The predicted molar refractivity (Wildman–Crippen MR) is 58.4 cm³/mol. The van der Waals surface area contributed by atoms with Gasteiger partial charge in [0.15, 0.2) is 0 Å². The maximum absolute atomic E-state index is 11.6. The normalized spacial score (nSPS) is 22.7. The van der Waals surface area contributed by atoms with Crippen molar-refractivity contribution in [3.63, 3.8) is 0 Å². The molecule has 0 atom stereocenters. The van der Waals surface area contributed by atoms with Crippen LogP contribution in [-0.2, 0) is 9.53 Å². The number of carbonyl (C=O) groups excluding carboxylic acids is 1. The van der Waals surface area contributed by atoms with Crippen LogP contribution in [0.1, 0.15) is 27.7 Å². The van der Waals surface area contributed by atoms with Crippen LogP contribution in [0.4, 0.5) is 0 Å². The summed E-state index contributed by atoms with van der Waals surface area (Å²) in [7, 11) is 1.37. The lowest BCUT2D eigenvalue weighted by molar-refractivity contribution is -0.138. The van der Waals surface area contributed by atoms with E-state index in [0.717, 1.165) is 0 Å². The summed E-state index contributed by atoms with van der Waals surface area (Å²) in [4.78, 5) is 11.6. The Morgan fingerprint density at radius 3 is 2.20 bits per heavy atom. The van der Waals surface area contributed by atoms with Crippen molar-refractivity contribution in [3.05, 3.63) is 23.5 Å². The van der Waals surface area contributed by atoms with Crippen LogP contribution >= 0.6 is 0 Å². The minimum absolute atomic E-state index is 0.292. The monoisotopic (exact) mass is 210 g/mol. The number of methoxy groups -OCH3 is 1. The van der Waals surface area contributed by atoms with Gasteiger partial charge in [0, 0.05) is 16.4 Å². The molecule has 0 unspecified atom stereocenters. The summed E-state index contributed by atoms with van der Waals surface area (Å²) in [5, 5.41) is 9.81. The lowest BCUT2D eigenvalue weighted by Gasteiger charge is -2.43. The third-order valence-corrected chi connectivity index (χ3v) is 3.69. The van der Waals surface area contributed by atoms with Crippen molar-refractivity contribution in [1.29, 1.82) is 0 Å². The quantitative estimate of drug-likeness (QED) is 0.677. The highest BCUT2D eigenvalue weighted by Crippen LogP contribution is 2.50. The van der Waals surface area contributed by atoms with Crippen molar-refractivity contribution in [2.24, 2.45) is 10.8 Å². The molecule has 0 aliphatic heterocycles. The Morgan fingerprint density at radius 1 is 1.20 bits per heavy atom. The number of hydrogen-bond acceptors (Lipinski definition) is 3. The van der Waals surface area contributed by atoms with Crippen LogP contribution in [0.3, 0.4) is 0 Å². The molecule has 0 spiro atoms. The summed E-state index contributed by atoms with van der Waals surface area (Å²) in [6.07, 6.45) is 3.20. The van der Waals surface area contributed by atoms with Gasteiger partial charge in [0.2, 0.25) is 0 Å². The third-order valence-electron chi connectivity index (χ3n) is 3.69. The maximum Gasteiger partial charge on any atom is 0.334 e. The number of ether oxygens (including phenoxy) is 1. The van der Waals surface area contributed by atoms with Gasteiger partial charge in [-0.05, 0) is 12.2 Å². The molecule has 0 aromatic rings. The molecule has 0 aromatic carbocycles. The molecule has 0 saturated carbocycles. The molecule has 0 aromatic heterocycles. The van der Waals surface area contributed by atoms with Crippen LogP contribution < -0.4 is 0 Å². The Bertz CT molecular complexity index is 346. The molecule has 0 heterocycles. The van der Waals surface area contributed by atoms with Crippen LogP contribution in [0, 0.1) is 10.8 Å². The van der Waals surface area contributed by atoms with E-state index in [1.54, 1.807) is 12.2 Å². The molecule has 1 N–H and O–H groups in total. The van der Waals surface area contributed by atoms with Crippen molar-refractivity contribution in [2.45, 2.75) is 27.7 Å². The van der Waals surface area contributed by atoms with E-state index in [4.69, 9.17) is 4.74 Å². The number of hydrogen-bond donors (Lipinski definition) is 1. The minimum Gasteiger partial charge on any atom is -0.512 e. The van der Waals surface area contributed by atoms with Gasteiger partial charge in [0.1, 0.15) is 0 Å². The molecule has 3 heteroatoms. The van der Waals surface area contributed by atoms with E-state index in [0.29, 0.717) is 11.3 Å². The molecule has 1 aliphatic carbocycles. The summed E-state index contributed by atoms with van der Waals surface area (Å²) >= 11 is 0. The average Bonchev–Trinajstić information content (AvgIpc) is 2.14. The SMILES string of the molecule is COC(=O)C1=CC=C(O)C(C)(C)C1(C)C. The van der Waals surface area contributed by atoms with E-state index in [2.05, 4.69) is 0 Å². The van der Waals surface area contributed by atoms with Gasteiger partial charge >= 0.3 is 5.97 Å². The highest BCUT2D eigenvalue weighted by molar-refractivity contribution is 5.90. The Morgan fingerprint density at radius 2 is 1.73 bits per heavy atom. The fourth-order valence-corrected chi connectivity index (χ4v) is 1.67. The van der Waals surface area contributed by atoms with Crippen molar-refractivity contribution >= 4 is 5.97 Å². The highest BCUT2D eigenvalue weighted by Gasteiger charge is 2.47. The van der Waals surface area contributed by atoms with E-state index in [1.807, 2.05) is 27.7 Å². The molecular weight excluding hydrogens is 192 g/mol. The fraction of sp³-hybridized carbons (Fsp3) is 0.583. The van der Waals surface area contributed by atoms with Gasteiger partial charge in [-0.2, -0.15) is 0 Å². The lowest BCUT2D eigenvalue weighted by Crippen LogP contribution is -2.40. The average molecular weight is 210 g/mol. The Labute approximate surface area is 90.4 Å². The van der Waals surface area contributed by atoms with Gasteiger partial charge in [-0.1, -0.05) is 27.7 Å². The number of rotatable bonds is 1. The molecular formula is C12H18O3. The first-order chi connectivity index (χ1) is 6.75. The second-order valence-electron chi connectivity index (χ2n) is 4.87. The molecule has 84 valence electrons. The molecule has 0 bridgehead atoms. The summed E-state index contributed by atoms with van der Waals surface area (Å²) in [5.74, 6) is -0.0445. The first-order valence-corrected chi connectivity index (χ1v) is 4.95. The molecule has 3 nitrogen and oxygen atoms in total. The lowest BCUT2D eigenvalue weighted by atomic mass is 9.60. The van der Waals surface area contributed by atoms with E-state index in [9.17, 15) is 9.90 Å². The Balaban J connectivity index is 3.26. The second-order valence-corrected chi connectivity index (χ2v) is 4.87. The smallest absolute Gasteiger partial charge is 0.334 e. The van der Waals surface area contributed by atoms with E-state index in [-0.39, 0.29) is 5.97 Å². The van der Waals surface area contributed by atoms with Crippen LogP contribution in [0.2, 0.25) is 0 Å². The van der Waals surface area contributed by atoms with Crippen LogP contribution in [0.5, 0.6) is 0 Å². The number of aliphatic hydroxyl groups excluding tert-OH is 1. The number of allylic oxidation sites excluding steroid dienone is 3. The Hall–Kier alpha value is -1.25. The minimum atomic E-state index is -0.467. The predicted octanol–water partition coefficient (Wildman–Crippen LogP) is 2.59. The molecule has 0 amide bonds. The maximum atomic E-state index is 11.6. The largest absolute Gasteiger partial charge is 0.512 e. The summed E-state index contributed by atoms with van der Waals surface area (Å²) in [6, 6.07) is 0. The molecule has 15 heavy (non-hydrogen) atoms. The van der Waals surface area contributed by atoms with Gasteiger partial charge in [-0.3, -0.25) is 0 Å². The van der Waals surface area contributed by atoms with Gasteiger partial charge in [0.05, 0.1) is 12.9 Å². The zero-order valence-electron chi connectivity index (χ0n) is 9.92. The zero-order valence-corrected chi connectivity index (χ0v) is 9.92. The van der Waals surface area contributed by atoms with Crippen molar-refractivity contribution < 1.29 is 14.6 Å². The molecule has 1 aliphatic rings. The summed E-state index contributed by atoms with van der Waals surface area (Å²) < 4.78 is 4.74. The first kappa shape index (κ1) is 11.8. The van der Waals surface area contributed by atoms with Crippen molar-refractivity contribution in [3.8, 4) is 0 Å². The number of esters is 1. The van der Waals surface area contributed by atoms with Gasteiger partial charge in [-0.25, -0.2) is 4.79 Å². The second kappa shape index (κ2) is 3.40. The molecule has 0 saturated heterocycles. The van der Waals surface area contributed by atoms with E-state index >= 15 is 0 Å². The van der Waals surface area contributed by atoms with E-state index < -0.39 is 10.8 Å². The molecule has 0 fully saturated rings. The third kappa shape index (κ3) is 1.56. The van der Waals surface area contributed by atoms with Crippen LogP contribution in [-0.4, -0.2) is 18.2 Å². The van der Waals surface area contributed by atoms with Gasteiger partial charge < -0.3 is 9.84 Å². The zero-order chi connectivity index (χ0) is 11.9.